The summed E-state index contributed by atoms with van der Waals surface area (Å²) >= 11 is 0. The molecule has 0 amide bonds. The lowest BCUT2D eigenvalue weighted by molar-refractivity contribution is -0.131. The molecule has 0 rings (SSSR count). The van der Waals surface area contributed by atoms with Crippen LogP contribution in [0.4, 0.5) is 0 Å². The van der Waals surface area contributed by atoms with Gasteiger partial charge in [-0.15, -0.1) is 0 Å². The zero-order valence-corrected chi connectivity index (χ0v) is 13.9. The number of carboxylic acids is 1. The number of aliphatic carboxylic acids is 1. The molecule has 0 aromatic rings. The minimum absolute atomic E-state index is 0.646. The van der Waals surface area contributed by atoms with Crippen LogP contribution in [0.3, 0.4) is 0 Å². The first-order valence-corrected chi connectivity index (χ1v) is 9.79. The van der Waals surface area contributed by atoms with Crippen LogP contribution in [0.1, 0.15) is 41.5 Å². The molecule has 0 aliphatic heterocycles. The topological polar surface area (TPSA) is 37.3 Å². The maximum absolute atomic E-state index is 10.8. The van der Waals surface area contributed by atoms with Crippen LogP contribution in [0.5, 0.6) is 0 Å². The van der Waals surface area contributed by atoms with Crippen LogP contribution >= 0.6 is 0 Å². The van der Waals surface area contributed by atoms with Crippen LogP contribution in [0.25, 0.3) is 0 Å². The summed E-state index contributed by atoms with van der Waals surface area (Å²) in [4.78, 5) is 10.8. The fourth-order valence-electron chi connectivity index (χ4n) is 3.14. The highest BCUT2D eigenvalue weighted by Crippen LogP contribution is 2.33. The smallest absolute Gasteiger partial charge is 0.327 e. The molecule has 0 aromatic carbocycles. The van der Waals surface area contributed by atoms with Gasteiger partial charge in [0.1, 0.15) is 0 Å². The summed E-state index contributed by atoms with van der Waals surface area (Å²) in [7, 11) is -1.61. The predicted molar refractivity (Wildman–Crippen MR) is 81.5 cm³/mol. The zero-order chi connectivity index (χ0) is 14.3. The Labute approximate surface area is 113 Å². The van der Waals surface area contributed by atoms with Gasteiger partial charge in [0, 0.05) is 6.08 Å². The van der Waals surface area contributed by atoms with E-state index in [9.17, 15) is 4.79 Å². The average molecular weight is 270 g/mol. The van der Waals surface area contributed by atoms with Crippen LogP contribution in [-0.4, -0.2) is 19.1 Å². The monoisotopic (exact) mass is 270 g/mol. The van der Waals surface area contributed by atoms with Crippen LogP contribution in [0.2, 0.25) is 18.1 Å². The summed E-state index contributed by atoms with van der Waals surface area (Å²) in [5.41, 5.74) is 2.09. The second-order valence-electron chi connectivity index (χ2n) is 6.83. The van der Waals surface area contributed by atoms with Crippen LogP contribution in [0, 0.1) is 17.8 Å². The lowest BCUT2D eigenvalue weighted by Crippen LogP contribution is -2.37. The van der Waals surface area contributed by atoms with Gasteiger partial charge in [-0.25, -0.2) is 4.79 Å². The van der Waals surface area contributed by atoms with E-state index in [4.69, 9.17) is 5.11 Å². The highest BCUT2D eigenvalue weighted by Gasteiger charge is 2.32. The fraction of sp³-hybridized carbons (Fsp3) is 0.800. The first-order valence-electron chi connectivity index (χ1n) is 7.09. The van der Waals surface area contributed by atoms with Gasteiger partial charge < -0.3 is 5.11 Å². The molecule has 0 aromatic heterocycles. The van der Waals surface area contributed by atoms with Crippen molar-refractivity contribution in [2.45, 2.75) is 59.7 Å². The third-order valence-corrected chi connectivity index (χ3v) is 8.79. The van der Waals surface area contributed by atoms with Gasteiger partial charge in [0.2, 0.25) is 0 Å². The predicted octanol–water partition coefficient (Wildman–Crippen LogP) is 4.58. The molecular formula is C15H30O2Si. The standard InChI is InChI=1S/C15H30O2Si/c1-12(2)9-18(10-13(3)4,11-14(5)6)8-7-15(16)17/h7-8,12-14H,9-11H2,1-6H3,(H,16,17). The summed E-state index contributed by atoms with van der Waals surface area (Å²) in [5.74, 6) is 1.14. The molecule has 0 bridgehead atoms. The van der Waals surface area contributed by atoms with Crippen molar-refractivity contribution in [3.63, 3.8) is 0 Å². The van der Waals surface area contributed by atoms with Crippen molar-refractivity contribution < 1.29 is 9.90 Å². The minimum Gasteiger partial charge on any atom is -0.478 e. The molecule has 0 saturated carbocycles. The zero-order valence-electron chi connectivity index (χ0n) is 12.9. The molecular weight excluding hydrogens is 240 g/mol. The van der Waals surface area contributed by atoms with Crippen molar-refractivity contribution >= 4 is 14.0 Å². The number of rotatable bonds is 8. The largest absolute Gasteiger partial charge is 0.478 e. The third-order valence-electron chi connectivity index (χ3n) is 3.02. The summed E-state index contributed by atoms with van der Waals surface area (Å²) in [6, 6.07) is 3.60. The van der Waals surface area contributed by atoms with E-state index in [0.29, 0.717) is 17.8 Å². The number of carbonyl (C=O) groups is 1. The molecule has 0 heterocycles. The third kappa shape index (κ3) is 7.70. The van der Waals surface area contributed by atoms with Crippen molar-refractivity contribution in [2.24, 2.45) is 17.8 Å². The van der Waals surface area contributed by atoms with Crippen molar-refractivity contribution in [3.05, 3.63) is 11.8 Å². The van der Waals surface area contributed by atoms with Gasteiger partial charge in [0.25, 0.3) is 0 Å². The summed E-state index contributed by atoms with van der Waals surface area (Å²) in [6.07, 6.45) is 1.40. The first kappa shape index (κ1) is 17.4. The van der Waals surface area contributed by atoms with Crippen molar-refractivity contribution in [3.8, 4) is 0 Å². The molecule has 0 radical (unpaired) electrons. The number of hydrogen-bond donors (Lipinski definition) is 1. The van der Waals surface area contributed by atoms with Crippen molar-refractivity contribution in [1.29, 1.82) is 0 Å². The Morgan fingerprint density at radius 3 is 1.50 bits per heavy atom. The van der Waals surface area contributed by atoms with E-state index < -0.39 is 14.0 Å². The average Bonchev–Trinajstić information content (AvgIpc) is 2.11. The van der Waals surface area contributed by atoms with Crippen molar-refractivity contribution in [1.82, 2.24) is 0 Å². The highest BCUT2D eigenvalue weighted by atomic mass is 28.3. The Bertz CT molecular complexity index is 254. The normalized spacial score (nSPS) is 13.2. The molecule has 18 heavy (non-hydrogen) atoms. The molecule has 0 saturated heterocycles. The maximum atomic E-state index is 10.8. The fourth-order valence-corrected chi connectivity index (χ4v) is 9.42. The Hall–Kier alpha value is -0.573. The minimum atomic E-state index is -1.61. The molecule has 0 spiro atoms. The van der Waals surface area contributed by atoms with Gasteiger partial charge in [-0.05, 0) is 17.8 Å². The molecule has 0 unspecified atom stereocenters. The van der Waals surface area contributed by atoms with E-state index in [1.54, 1.807) is 0 Å². The molecule has 0 atom stereocenters. The Morgan fingerprint density at radius 1 is 0.944 bits per heavy atom. The van der Waals surface area contributed by atoms with E-state index in [0.717, 1.165) is 0 Å². The molecule has 2 nitrogen and oxygen atoms in total. The van der Waals surface area contributed by atoms with Crippen LogP contribution in [0.15, 0.2) is 11.8 Å². The van der Waals surface area contributed by atoms with Crippen LogP contribution in [-0.2, 0) is 4.79 Å². The van der Waals surface area contributed by atoms with E-state index in [-0.39, 0.29) is 0 Å². The molecule has 0 fully saturated rings. The quantitative estimate of drug-likeness (QED) is 0.517. The SMILES string of the molecule is CC(C)C[Si](C=CC(=O)O)(CC(C)C)CC(C)C. The highest BCUT2D eigenvalue weighted by molar-refractivity contribution is 6.84. The maximum Gasteiger partial charge on any atom is 0.327 e. The number of hydrogen-bond acceptors (Lipinski definition) is 1. The van der Waals surface area contributed by atoms with Gasteiger partial charge in [0.05, 0.1) is 8.07 Å². The Balaban J connectivity index is 5.16. The van der Waals surface area contributed by atoms with E-state index in [2.05, 4.69) is 47.2 Å². The van der Waals surface area contributed by atoms with Gasteiger partial charge in [-0.3, -0.25) is 0 Å². The van der Waals surface area contributed by atoms with Gasteiger partial charge >= 0.3 is 5.97 Å². The Kier molecular flexibility index (Phi) is 7.53. The lowest BCUT2D eigenvalue weighted by atomic mass is 10.2. The van der Waals surface area contributed by atoms with E-state index in [1.165, 1.54) is 24.2 Å². The van der Waals surface area contributed by atoms with Crippen LogP contribution < -0.4 is 0 Å². The van der Waals surface area contributed by atoms with Crippen molar-refractivity contribution in [2.75, 3.05) is 0 Å². The number of carboxylic acid groups (broad SMARTS) is 1. The summed E-state index contributed by atoms with van der Waals surface area (Å²) in [6.45, 7) is 13.5. The van der Waals surface area contributed by atoms with Gasteiger partial charge in [0.15, 0.2) is 0 Å². The molecule has 0 aliphatic carbocycles. The molecule has 1 N–H and O–H groups in total. The molecule has 3 heteroatoms. The summed E-state index contributed by atoms with van der Waals surface area (Å²) < 4.78 is 0. The molecule has 0 aliphatic rings. The van der Waals surface area contributed by atoms with E-state index in [1.807, 2.05) is 0 Å². The van der Waals surface area contributed by atoms with Gasteiger partial charge in [-0.1, -0.05) is 65.4 Å². The second kappa shape index (κ2) is 7.77. The lowest BCUT2D eigenvalue weighted by Gasteiger charge is -2.33. The first-order chi connectivity index (χ1) is 8.17. The van der Waals surface area contributed by atoms with E-state index >= 15 is 0 Å². The van der Waals surface area contributed by atoms with Gasteiger partial charge in [-0.2, -0.15) is 0 Å². The second-order valence-corrected chi connectivity index (χ2v) is 11.1. The summed E-state index contributed by atoms with van der Waals surface area (Å²) in [5, 5.41) is 8.91. The Morgan fingerprint density at radius 2 is 1.28 bits per heavy atom. The molecule has 106 valence electrons.